The zero-order valence-electron chi connectivity index (χ0n) is 26.1. The van der Waals surface area contributed by atoms with Crippen LogP contribution >= 0.6 is 0 Å². The van der Waals surface area contributed by atoms with Gasteiger partial charge in [0.1, 0.15) is 15.9 Å². The highest BCUT2D eigenvalue weighted by Crippen LogP contribution is 2.31. The van der Waals surface area contributed by atoms with Gasteiger partial charge in [-0.25, -0.2) is 21.6 Å². The SMILES string of the molecule is CCN(CC(CC1CCCCC1)OCc1ccc(C(=O)N[C@H](CCS(C)(=O)=O)C(=O)O)c(-c2ccccc2C)c1)S(C)(=O)=O. The van der Waals surface area contributed by atoms with Crippen molar-refractivity contribution in [3.63, 3.8) is 0 Å². The van der Waals surface area contributed by atoms with Crippen molar-refractivity contribution in [2.75, 3.05) is 31.4 Å². The van der Waals surface area contributed by atoms with Crippen LogP contribution in [0.4, 0.5) is 0 Å². The number of nitrogens with one attached hydrogen (secondary N) is 1. The van der Waals surface area contributed by atoms with Crippen molar-refractivity contribution in [2.45, 2.75) is 77.5 Å². The number of aryl methyl sites for hydroxylation is 1. The zero-order chi connectivity index (χ0) is 32.5. The lowest BCUT2D eigenvalue weighted by molar-refractivity contribution is -0.139. The molecule has 1 saturated carbocycles. The molecule has 1 amide bonds. The molecule has 10 nitrogen and oxygen atoms in total. The summed E-state index contributed by atoms with van der Waals surface area (Å²) in [5.74, 6) is -1.84. The first-order valence-electron chi connectivity index (χ1n) is 15.1. The minimum absolute atomic E-state index is 0.200. The van der Waals surface area contributed by atoms with E-state index in [2.05, 4.69) is 5.32 Å². The lowest BCUT2D eigenvalue weighted by Gasteiger charge is -2.30. The van der Waals surface area contributed by atoms with Gasteiger partial charge in [0.05, 0.1) is 24.7 Å². The van der Waals surface area contributed by atoms with Crippen LogP contribution in [0.15, 0.2) is 42.5 Å². The maximum atomic E-state index is 13.4. The average molecular weight is 651 g/mol. The summed E-state index contributed by atoms with van der Waals surface area (Å²) in [5, 5.41) is 12.1. The van der Waals surface area contributed by atoms with E-state index in [4.69, 9.17) is 4.74 Å². The van der Waals surface area contributed by atoms with Crippen molar-refractivity contribution in [1.82, 2.24) is 9.62 Å². The summed E-state index contributed by atoms with van der Waals surface area (Å²) >= 11 is 0. The number of sulfonamides is 1. The molecule has 44 heavy (non-hydrogen) atoms. The van der Waals surface area contributed by atoms with Gasteiger partial charge in [0.25, 0.3) is 5.91 Å². The smallest absolute Gasteiger partial charge is 0.326 e. The van der Waals surface area contributed by atoms with Gasteiger partial charge in [-0.3, -0.25) is 4.79 Å². The summed E-state index contributed by atoms with van der Waals surface area (Å²) < 4.78 is 55.8. The van der Waals surface area contributed by atoms with Crippen LogP contribution in [0.2, 0.25) is 0 Å². The highest BCUT2D eigenvalue weighted by atomic mass is 32.2. The zero-order valence-corrected chi connectivity index (χ0v) is 27.8. The van der Waals surface area contributed by atoms with Gasteiger partial charge >= 0.3 is 5.97 Å². The number of hydrogen-bond donors (Lipinski definition) is 2. The summed E-state index contributed by atoms with van der Waals surface area (Å²) in [7, 11) is -6.81. The lowest BCUT2D eigenvalue weighted by Crippen LogP contribution is -2.42. The number of carboxylic acids is 1. The maximum Gasteiger partial charge on any atom is 0.326 e. The minimum atomic E-state index is -3.42. The topological polar surface area (TPSA) is 147 Å². The number of amides is 1. The van der Waals surface area contributed by atoms with Crippen LogP contribution in [0.25, 0.3) is 11.1 Å². The third kappa shape index (κ3) is 11.0. The molecule has 244 valence electrons. The van der Waals surface area contributed by atoms with Crippen molar-refractivity contribution in [1.29, 1.82) is 0 Å². The fourth-order valence-electron chi connectivity index (χ4n) is 5.73. The second kappa shape index (κ2) is 16.0. The number of likely N-dealkylation sites (N-methyl/N-ethyl adjacent to an activating group) is 1. The molecule has 2 aromatic rings. The van der Waals surface area contributed by atoms with E-state index < -0.39 is 37.8 Å². The molecular formula is C32H46N2O8S2. The molecule has 0 heterocycles. The molecule has 0 radical (unpaired) electrons. The first-order chi connectivity index (χ1) is 20.7. The highest BCUT2D eigenvalue weighted by Gasteiger charge is 2.26. The van der Waals surface area contributed by atoms with Crippen LogP contribution in [0, 0.1) is 12.8 Å². The van der Waals surface area contributed by atoms with Gasteiger partial charge in [-0.15, -0.1) is 0 Å². The molecule has 0 aliphatic heterocycles. The van der Waals surface area contributed by atoms with E-state index in [1.54, 1.807) is 12.1 Å². The van der Waals surface area contributed by atoms with Crippen LogP contribution in [0.1, 0.15) is 73.4 Å². The largest absolute Gasteiger partial charge is 0.480 e. The van der Waals surface area contributed by atoms with Gasteiger partial charge in [-0.2, -0.15) is 4.31 Å². The Kier molecular flexibility index (Phi) is 12.9. The molecule has 1 unspecified atom stereocenters. The number of carbonyl (C=O) groups is 2. The van der Waals surface area contributed by atoms with Crippen LogP contribution < -0.4 is 5.32 Å². The molecule has 2 atom stereocenters. The number of ether oxygens (including phenoxy) is 1. The van der Waals surface area contributed by atoms with Crippen LogP contribution in [-0.4, -0.2) is 81.6 Å². The first-order valence-corrected chi connectivity index (χ1v) is 19.1. The predicted octanol–water partition coefficient (Wildman–Crippen LogP) is 4.42. The summed E-state index contributed by atoms with van der Waals surface area (Å²) in [4.78, 5) is 25.3. The van der Waals surface area contributed by atoms with Gasteiger partial charge in [0.2, 0.25) is 10.0 Å². The Hall–Kier alpha value is -2.80. The second-order valence-corrected chi connectivity index (χ2v) is 16.1. The summed E-state index contributed by atoms with van der Waals surface area (Å²) in [6.45, 7) is 4.54. The van der Waals surface area contributed by atoms with Crippen molar-refractivity contribution < 1.29 is 36.3 Å². The third-order valence-corrected chi connectivity index (χ3v) is 10.5. The van der Waals surface area contributed by atoms with Crippen molar-refractivity contribution in [2.24, 2.45) is 5.92 Å². The summed E-state index contributed by atoms with van der Waals surface area (Å²) in [6.07, 6.45) is 8.21. The van der Waals surface area contributed by atoms with Crippen LogP contribution in [-0.2, 0) is 36.0 Å². The average Bonchev–Trinajstić information content (AvgIpc) is 2.95. The first kappa shape index (κ1) is 35.7. The Morgan fingerprint density at radius 2 is 1.70 bits per heavy atom. The third-order valence-electron chi connectivity index (χ3n) is 8.18. The van der Waals surface area contributed by atoms with E-state index in [0.717, 1.165) is 42.2 Å². The number of carbonyl (C=O) groups excluding carboxylic acids is 1. The van der Waals surface area contributed by atoms with Gasteiger partial charge in [-0.1, -0.05) is 69.4 Å². The van der Waals surface area contributed by atoms with Crippen molar-refractivity contribution in [3.05, 3.63) is 59.2 Å². The number of carboxylic acid groups (broad SMARTS) is 1. The van der Waals surface area contributed by atoms with E-state index in [9.17, 15) is 31.5 Å². The number of hydrogen-bond acceptors (Lipinski definition) is 7. The Labute approximate surface area is 262 Å². The lowest BCUT2D eigenvalue weighted by atomic mass is 9.85. The highest BCUT2D eigenvalue weighted by molar-refractivity contribution is 7.90. The van der Waals surface area contributed by atoms with Gasteiger partial charge < -0.3 is 15.2 Å². The monoisotopic (exact) mass is 650 g/mol. The molecule has 2 N–H and O–H groups in total. The summed E-state index contributed by atoms with van der Waals surface area (Å²) in [6, 6.07) is 11.4. The normalized spacial score (nSPS) is 16.0. The Balaban J connectivity index is 1.89. The molecule has 1 aliphatic carbocycles. The van der Waals surface area contributed by atoms with E-state index >= 15 is 0 Å². The van der Waals surface area contributed by atoms with Crippen LogP contribution in [0.3, 0.4) is 0 Å². The fraction of sp³-hybridized carbons (Fsp3) is 0.562. The van der Waals surface area contributed by atoms with Crippen molar-refractivity contribution in [3.8, 4) is 11.1 Å². The van der Waals surface area contributed by atoms with E-state index in [0.29, 0.717) is 18.0 Å². The number of rotatable bonds is 16. The predicted molar refractivity (Wildman–Crippen MR) is 172 cm³/mol. The molecular weight excluding hydrogens is 604 g/mol. The van der Waals surface area contributed by atoms with Crippen molar-refractivity contribution >= 4 is 31.7 Å². The Bertz CT molecular complexity index is 1500. The standard InChI is InChI=1S/C32H46N2O8S2/c1-5-34(44(4,40)41)21-26(19-24-12-7-6-8-13-24)42-22-25-15-16-28(29(20-25)27-14-10-9-11-23(27)2)31(35)33-30(32(36)37)17-18-43(3,38)39/h9-11,14-16,20,24,26,30H,5-8,12-13,17-19,21-22H2,1-4H3,(H,33,35)(H,36,37)/t26?,30-/m1/s1. The number of benzene rings is 2. The number of sulfone groups is 1. The number of nitrogens with zero attached hydrogens (tertiary/aromatic N) is 1. The van der Waals surface area contributed by atoms with Gasteiger partial charge in [0, 0.05) is 24.9 Å². The molecule has 1 aliphatic rings. The second-order valence-electron chi connectivity index (χ2n) is 11.9. The summed E-state index contributed by atoms with van der Waals surface area (Å²) in [5.41, 5.74) is 3.32. The molecule has 0 saturated heterocycles. The molecule has 1 fully saturated rings. The van der Waals surface area contributed by atoms with Gasteiger partial charge in [-0.05, 0) is 60.1 Å². The Morgan fingerprint density at radius 1 is 1.02 bits per heavy atom. The minimum Gasteiger partial charge on any atom is -0.480 e. The van der Waals surface area contributed by atoms with E-state index in [1.165, 1.54) is 29.8 Å². The molecule has 3 rings (SSSR count). The molecule has 2 aromatic carbocycles. The molecule has 0 bridgehead atoms. The fourth-order valence-corrected chi connectivity index (χ4v) is 7.30. The quantitative estimate of drug-likeness (QED) is 0.272. The molecule has 12 heteroatoms. The maximum absolute atomic E-state index is 13.4. The van der Waals surface area contributed by atoms with E-state index in [-0.39, 0.29) is 37.0 Å². The number of aliphatic carboxylic acids is 1. The molecule has 0 spiro atoms. The Morgan fingerprint density at radius 3 is 2.30 bits per heavy atom. The van der Waals surface area contributed by atoms with Crippen LogP contribution in [0.5, 0.6) is 0 Å². The van der Waals surface area contributed by atoms with E-state index in [1.807, 2.05) is 44.2 Å². The van der Waals surface area contributed by atoms with Gasteiger partial charge in [0.15, 0.2) is 0 Å². The molecule has 0 aromatic heterocycles.